The van der Waals surface area contributed by atoms with E-state index in [1.165, 1.54) is 19.1 Å². The molecule has 0 aliphatic rings. The quantitative estimate of drug-likeness (QED) is 0.835. The summed E-state index contributed by atoms with van der Waals surface area (Å²) in [6, 6.07) is 3.80. The van der Waals surface area contributed by atoms with Gasteiger partial charge in [-0.25, -0.2) is 12.8 Å². The van der Waals surface area contributed by atoms with Crippen LogP contribution in [0.15, 0.2) is 18.2 Å². The first-order valence-electron chi connectivity index (χ1n) is 6.16. The number of rotatable bonds is 7. The molecule has 0 unspecified atom stereocenters. The van der Waals surface area contributed by atoms with Crippen LogP contribution in [0.1, 0.15) is 31.9 Å². The summed E-state index contributed by atoms with van der Waals surface area (Å²) >= 11 is 0. The summed E-state index contributed by atoms with van der Waals surface area (Å²) in [4.78, 5) is 0. The van der Waals surface area contributed by atoms with Crippen molar-refractivity contribution in [3.8, 4) is 5.75 Å². The third kappa shape index (κ3) is 5.16. The highest BCUT2D eigenvalue weighted by atomic mass is 32.2. The van der Waals surface area contributed by atoms with Gasteiger partial charge in [0.2, 0.25) is 0 Å². The van der Waals surface area contributed by atoms with Crippen molar-refractivity contribution in [2.45, 2.75) is 26.4 Å². The van der Waals surface area contributed by atoms with E-state index in [-0.39, 0.29) is 23.9 Å². The van der Waals surface area contributed by atoms with Crippen LogP contribution < -0.4 is 4.74 Å². The largest absolute Gasteiger partial charge is 0.492 e. The Balaban J connectivity index is 2.70. The number of aliphatic hydroxyl groups is 1. The van der Waals surface area contributed by atoms with Crippen LogP contribution in [0.2, 0.25) is 0 Å². The molecule has 1 atom stereocenters. The summed E-state index contributed by atoms with van der Waals surface area (Å²) < 4.78 is 41.4. The Labute approximate surface area is 113 Å². The molecule has 0 radical (unpaired) electrons. The Morgan fingerprint density at radius 3 is 2.63 bits per heavy atom. The van der Waals surface area contributed by atoms with Gasteiger partial charge in [0.15, 0.2) is 9.84 Å². The topological polar surface area (TPSA) is 63.6 Å². The average molecular weight is 290 g/mol. The third-order valence-corrected chi connectivity index (χ3v) is 4.41. The van der Waals surface area contributed by atoms with Crippen LogP contribution in [-0.2, 0) is 9.84 Å². The van der Waals surface area contributed by atoms with Gasteiger partial charge >= 0.3 is 0 Å². The van der Waals surface area contributed by atoms with Gasteiger partial charge in [-0.1, -0.05) is 6.92 Å². The number of hydrogen-bond acceptors (Lipinski definition) is 4. The van der Waals surface area contributed by atoms with Crippen LogP contribution in [-0.4, -0.2) is 31.6 Å². The summed E-state index contributed by atoms with van der Waals surface area (Å²) in [5.41, 5.74) is 0.439. The molecular formula is C13H19FO4S. The van der Waals surface area contributed by atoms with Crippen LogP contribution >= 0.6 is 0 Å². The van der Waals surface area contributed by atoms with E-state index in [0.29, 0.717) is 12.0 Å². The smallest absolute Gasteiger partial charge is 0.153 e. The van der Waals surface area contributed by atoms with Gasteiger partial charge in [0.1, 0.15) is 18.2 Å². The molecule has 0 saturated carbocycles. The molecule has 4 nitrogen and oxygen atoms in total. The summed E-state index contributed by atoms with van der Waals surface area (Å²) in [5, 5.41) is 9.52. The Bertz CT molecular complexity index is 511. The second-order valence-corrected chi connectivity index (χ2v) is 6.66. The van der Waals surface area contributed by atoms with E-state index in [4.69, 9.17) is 4.74 Å². The van der Waals surface area contributed by atoms with Gasteiger partial charge in [0.25, 0.3) is 0 Å². The molecule has 1 rings (SSSR count). The number of aliphatic hydroxyl groups excluding tert-OH is 1. The molecule has 1 N–H and O–H groups in total. The van der Waals surface area contributed by atoms with E-state index in [0.717, 1.165) is 6.07 Å². The van der Waals surface area contributed by atoms with E-state index in [2.05, 4.69) is 0 Å². The maximum absolute atomic E-state index is 13.1. The van der Waals surface area contributed by atoms with Gasteiger partial charge in [-0.2, -0.15) is 0 Å². The first-order valence-corrected chi connectivity index (χ1v) is 7.98. The highest BCUT2D eigenvalue weighted by Crippen LogP contribution is 2.25. The van der Waals surface area contributed by atoms with Gasteiger partial charge in [-0.05, 0) is 25.5 Å². The number of benzene rings is 1. The van der Waals surface area contributed by atoms with E-state index < -0.39 is 21.8 Å². The minimum Gasteiger partial charge on any atom is -0.492 e. The van der Waals surface area contributed by atoms with Crippen molar-refractivity contribution in [1.82, 2.24) is 0 Å². The molecule has 0 fully saturated rings. The molecule has 0 aliphatic carbocycles. The van der Waals surface area contributed by atoms with Crippen molar-refractivity contribution in [2.75, 3.05) is 18.1 Å². The molecular weight excluding hydrogens is 271 g/mol. The van der Waals surface area contributed by atoms with Gasteiger partial charge in [-0.3, -0.25) is 0 Å². The minimum absolute atomic E-state index is 0.0501. The van der Waals surface area contributed by atoms with Crippen molar-refractivity contribution in [1.29, 1.82) is 0 Å². The molecule has 1 aromatic rings. The number of hydrogen-bond donors (Lipinski definition) is 1. The van der Waals surface area contributed by atoms with E-state index >= 15 is 0 Å². The lowest BCUT2D eigenvalue weighted by Crippen LogP contribution is -2.17. The van der Waals surface area contributed by atoms with E-state index in [1.807, 2.05) is 0 Å². The van der Waals surface area contributed by atoms with Crippen LogP contribution in [0.4, 0.5) is 4.39 Å². The molecule has 0 bridgehead atoms. The van der Waals surface area contributed by atoms with Crippen LogP contribution in [0.25, 0.3) is 0 Å². The fourth-order valence-electron chi connectivity index (χ4n) is 1.67. The molecule has 19 heavy (non-hydrogen) atoms. The lowest BCUT2D eigenvalue weighted by molar-refractivity contribution is 0.192. The Morgan fingerprint density at radius 2 is 2.05 bits per heavy atom. The normalized spacial score (nSPS) is 13.3. The van der Waals surface area contributed by atoms with Crippen LogP contribution in [0.3, 0.4) is 0 Å². The highest BCUT2D eigenvalue weighted by Gasteiger charge is 2.13. The standard InChI is InChI=1S/C13H19FO4S/c1-3-7-19(16,17)8-6-18-13-9-11(14)4-5-12(13)10(2)15/h4-5,9-10,15H,3,6-8H2,1-2H3/t10-/m1/s1. The van der Waals surface area contributed by atoms with Gasteiger partial charge in [-0.15, -0.1) is 0 Å². The zero-order chi connectivity index (χ0) is 14.5. The molecule has 0 spiro atoms. The van der Waals surface area contributed by atoms with Gasteiger partial charge in [0, 0.05) is 11.6 Å². The van der Waals surface area contributed by atoms with Crippen molar-refractivity contribution in [3.05, 3.63) is 29.6 Å². The molecule has 108 valence electrons. The lowest BCUT2D eigenvalue weighted by Gasteiger charge is -2.13. The predicted octanol–water partition coefficient (Wildman–Crippen LogP) is 2.08. The number of sulfone groups is 1. The average Bonchev–Trinajstić information content (AvgIpc) is 2.28. The third-order valence-electron chi connectivity index (χ3n) is 2.59. The molecule has 6 heteroatoms. The Hall–Kier alpha value is -1.14. The molecule has 0 amide bonds. The Kier molecular flexibility index (Phi) is 5.75. The summed E-state index contributed by atoms with van der Waals surface area (Å²) in [6.07, 6.45) is -0.246. The molecule has 0 heterocycles. The van der Waals surface area contributed by atoms with E-state index in [9.17, 15) is 17.9 Å². The summed E-state index contributed by atoms with van der Waals surface area (Å²) in [7, 11) is -3.13. The zero-order valence-corrected chi connectivity index (χ0v) is 11.9. The van der Waals surface area contributed by atoms with Gasteiger partial charge < -0.3 is 9.84 Å². The molecule has 0 saturated heterocycles. The monoisotopic (exact) mass is 290 g/mol. The van der Waals surface area contributed by atoms with E-state index in [1.54, 1.807) is 6.92 Å². The Morgan fingerprint density at radius 1 is 1.37 bits per heavy atom. The summed E-state index contributed by atoms with van der Waals surface area (Å²) in [5.74, 6) is -0.308. The van der Waals surface area contributed by atoms with Gasteiger partial charge in [0.05, 0.1) is 17.6 Å². The fraction of sp³-hybridized carbons (Fsp3) is 0.538. The minimum atomic E-state index is -3.13. The van der Waals surface area contributed by atoms with Crippen LogP contribution in [0, 0.1) is 5.82 Å². The zero-order valence-electron chi connectivity index (χ0n) is 11.1. The highest BCUT2D eigenvalue weighted by molar-refractivity contribution is 7.91. The number of halogens is 1. The predicted molar refractivity (Wildman–Crippen MR) is 71.5 cm³/mol. The maximum atomic E-state index is 13.1. The first kappa shape index (κ1) is 15.9. The maximum Gasteiger partial charge on any atom is 0.153 e. The summed E-state index contributed by atoms with van der Waals surface area (Å²) in [6.45, 7) is 3.27. The lowest BCUT2D eigenvalue weighted by atomic mass is 10.1. The van der Waals surface area contributed by atoms with Crippen molar-refractivity contribution >= 4 is 9.84 Å². The first-order chi connectivity index (χ1) is 8.85. The fourth-order valence-corrected chi connectivity index (χ4v) is 2.83. The van der Waals surface area contributed by atoms with Crippen molar-refractivity contribution in [3.63, 3.8) is 0 Å². The number of ether oxygens (including phenoxy) is 1. The molecule has 0 aromatic heterocycles. The second kappa shape index (κ2) is 6.86. The SMILES string of the molecule is CCCS(=O)(=O)CCOc1cc(F)ccc1[C@@H](C)O. The van der Waals surface area contributed by atoms with Crippen molar-refractivity contribution in [2.24, 2.45) is 0 Å². The molecule has 0 aliphatic heterocycles. The second-order valence-electron chi connectivity index (χ2n) is 4.36. The van der Waals surface area contributed by atoms with Crippen molar-refractivity contribution < 1.29 is 22.7 Å². The molecule has 1 aromatic carbocycles. The van der Waals surface area contributed by atoms with Crippen LogP contribution in [0.5, 0.6) is 5.75 Å².